The van der Waals surface area contributed by atoms with Crippen molar-refractivity contribution < 1.29 is 4.74 Å². The van der Waals surface area contributed by atoms with Crippen LogP contribution in [-0.4, -0.2) is 13.2 Å². The lowest BCUT2D eigenvalue weighted by Crippen LogP contribution is -2.12. The maximum absolute atomic E-state index is 5.94. The summed E-state index contributed by atoms with van der Waals surface area (Å²) in [5, 5.41) is 4.80. The smallest absolute Gasteiger partial charge is 0.0734 e. The molecule has 0 spiro atoms. The summed E-state index contributed by atoms with van der Waals surface area (Å²) in [7, 11) is 0. The van der Waals surface area contributed by atoms with Gasteiger partial charge in [-0.1, -0.05) is 39.0 Å². The third kappa shape index (κ3) is 4.80. The summed E-state index contributed by atoms with van der Waals surface area (Å²) in [6, 6.07) is 8.66. The van der Waals surface area contributed by atoms with Crippen LogP contribution in [0.1, 0.15) is 44.1 Å². The van der Waals surface area contributed by atoms with E-state index in [2.05, 4.69) is 50.4 Å². The summed E-state index contributed by atoms with van der Waals surface area (Å²) in [6.45, 7) is 10.2. The quantitative estimate of drug-likeness (QED) is 0.661. The second-order valence-electron chi connectivity index (χ2n) is 5.87. The summed E-state index contributed by atoms with van der Waals surface area (Å²) in [5.41, 5.74) is 1.38. The predicted molar refractivity (Wildman–Crippen MR) is 92.9 cm³/mol. The van der Waals surface area contributed by atoms with Crippen LogP contribution in [0.15, 0.2) is 24.3 Å². The highest BCUT2D eigenvalue weighted by Gasteiger charge is 2.11. The third-order valence-electron chi connectivity index (χ3n) is 3.63. The maximum Gasteiger partial charge on any atom is 0.0734 e. The molecule has 0 saturated heterocycles. The van der Waals surface area contributed by atoms with Gasteiger partial charge in [0, 0.05) is 28.3 Å². The largest absolute Gasteiger partial charge is 0.377 e. The Kier molecular flexibility index (Phi) is 6.68. The minimum Gasteiger partial charge on any atom is -0.377 e. The van der Waals surface area contributed by atoms with Crippen molar-refractivity contribution in [3.05, 3.63) is 34.7 Å². The van der Waals surface area contributed by atoms with E-state index in [-0.39, 0.29) is 0 Å². The number of hydrogen-bond donors (Lipinski definition) is 1. The molecule has 116 valence electrons. The molecule has 21 heavy (non-hydrogen) atoms. The fraction of sp³-hybridized carbons (Fsp3) is 0.556. The first-order chi connectivity index (χ1) is 10.2. The lowest BCUT2D eigenvalue weighted by Gasteiger charge is -2.08. The van der Waals surface area contributed by atoms with Crippen molar-refractivity contribution in [3.8, 4) is 0 Å². The van der Waals surface area contributed by atoms with Gasteiger partial charge in [-0.3, -0.25) is 0 Å². The van der Waals surface area contributed by atoms with Crippen LogP contribution in [0.25, 0.3) is 10.1 Å². The van der Waals surface area contributed by atoms with Crippen LogP contribution in [0.2, 0.25) is 0 Å². The van der Waals surface area contributed by atoms with E-state index in [1.807, 2.05) is 11.3 Å². The van der Waals surface area contributed by atoms with E-state index < -0.39 is 0 Å². The van der Waals surface area contributed by atoms with Gasteiger partial charge in [-0.25, -0.2) is 0 Å². The molecule has 1 N–H and O–H groups in total. The molecule has 0 bridgehead atoms. The molecular formula is C18H27NOS. The zero-order valence-corrected chi connectivity index (χ0v) is 14.3. The molecule has 1 aromatic carbocycles. The Balaban J connectivity index is 2.01. The first-order valence-corrected chi connectivity index (χ1v) is 8.81. The molecule has 0 aliphatic heterocycles. The number of hydrogen-bond acceptors (Lipinski definition) is 3. The van der Waals surface area contributed by atoms with Gasteiger partial charge in [-0.2, -0.15) is 0 Å². The second-order valence-corrected chi connectivity index (χ2v) is 7.01. The lowest BCUT2D eigenvalue weighted by atomic mass is 10.1. The Morgan fingerprint density at radius 2 is 2.05 bits per heavy atom. The van der Waals surface area contributed by atoms with Crippen molar-refractivity contribution in [1.82, 2.24) is 5.32 Å². The number of fused-ring (bicyclic) bond motifs is 1. The van der Waals surface area contributed by atoms with E-state index in [0.29, 0.717) is 0 Å². The first-order valence-electron chi connectivity index (χ1n) is 8.00. The van der Waals surface area contributed by atoms with Gasteiger partial charge >= 0.3 is 0 Å². The number of ether oxygens (including phenoxy) is 1. The van der Waals surface area contributed by atoms with Gasteiger partial charge in [0.1, 0.15) is 0 Å². The zero-order valence-electron chi connectivity index (χ0n) is 13.4. The number of nitrogens with one attached hydrogen (secondary N) is 1. The molecule has 1 aromatic heterocycles. The Bertz CT molecular complexity index is 547. The highest BCUT2D eigenvalue weighted by Crippen LogP contribution is 2.31. The maximum atomic E-state index is 5.94. The van der Waals surface area contributed by atoms with Crippen LogP contribution in [0.5, 0.6) is 0 Å². The fourth-order valence-corrected chi connectivity index (χ4v) is 3.64. The van der Waals surface area contributed by atoms with Crippen LogP contribution in [-0.2, 0) is 17.9 Å². The molecule has 0 saturated carbocycles. The average Bonchev–Trinajstić information content (AvgIpc) is 2.82. The minimum atomic E-state index is 0.739. The highest BCUT2D eigenvalue weighted by molar-refractivity contribution is 7.19. The zero-order chi connectivity index (χ0) is 15.1. The Morgan fingerprint density at radius 3 is 2.81 bits per heavy atom. The van der Waals surface area contributed by atoms with E-state index in [1.54, 1.807) is 0 Å². The SMILES string of the molecule is CCNCc1sc2ccccc2c1COCCCC(C)C. The molecule has 2 aromatic rings. The lowest BCUT2D eigenvalue weighted by molar-refractivity contribution is 0.115. The van der Waals surface area contributed by atoms with Gasteiger partial charge in [0.15, 0.2) is 0 Å². The van der Waals surface area contributed by atoms with Crippen molar-refractivity contribution >= 4 is 21.4 Å². The van der Waals surface area contributed by atoms with Gasteiger partial charge in [0.25, 0.3) is 0 Å². The molecule has 0 radical (unpaired) electrons. The van der Waals surface area contributed by atoms with E-state index in [9.17, 15) is 0 Å². The standard InChI is InChI=1S/C18H27NOS/c1-4-19-12-18-16(13-20-11-7-8-14(2)3)15-9-5-6-10-17(15)21-18/h5-6,9-10,14,19H,4,7-8,11-13H2,1-3H3. The van der Waals surface area contributed by atoms with Gasteiger partial charge in [0.2, 0.25) is 0 Å². The third-order valence-corrected chi connectivity index (χ3v) is 4.85. The number of benzene rings is 1. The molecule has 2 nitrogen and oxygen atoms in total. The van der Waals surface area contributed by atoms with Crippen molar-refractivity contribution in [2.75, 3.05) is 13.2 Å². The summed E-state index contributed by atoms with van der Waals surface area (Å²) >= 11 is 1.89. The Morgan fingerprint density at radius 1 is 1.24 bits per heavy atom. The van der Waals surface area contributed by atoms with Gasteiger partial charge in [-0.05, 0) is 36.8 Å². The minimum absolute atomic E-state index is 0.739. The molecule has 0 aliphatic carbocycles. The van der Waals surface area contributed by atoms with E-state index >= 15 is 0 Å². The topological polar surface area (TPSA) is 21.3 Å². The van der Waals surface area contributed by atoms with E-state index in [4.69, 9.17) is 4.74 Å². The van der Waals surface area contributed by atoms with Crippen molar-refractivity contribution in [1.29, 1.82) is 0 Å². The highest BCUT2D eigenvalue weighted by atomic mass is 32.1. The van der Waals surface area contributed by atoms with Crippen molar-refractivity contribution in [3.63, 3.8) is 0 Å². The molecule has 2 rings (SSSR count). The normalized spacial score (nSPS) is 11.6. The van der Waals surface area contributed by atoms with Gasteiger partial charge in [0.05, 0.1) is 6.61 Å². The molecule has 0 fully saturated rings. The molecular weight excluding hydrogens is 278 g/mol. The summed E-state index contributed by atoms with van der Waals surface area (Å²) in [6.07, 6.45) is 2.40. The summed E-state index contributed by atoms with van der Waals surface area (Å²) in [5.74, 6) is 0.764. The van der Waals surface area contributed by atoms with Crippen molar-refractivity contribution in [2.24, 2.45) is 5.92 Å². The number of rotatable bonds is 9. The molecule has 0 amide bonds. The monoisotopic (exact) mass is 305 g/mol. The van der Waals surface area contributed by atoms with E-state index in [1.165, 1.54) is 26.9 Å². The van der Waals surface area contributed by atoms with Crippen LogP contribution in [0.4, 0.5) is 0 Å². The van der Waals surface area contributed by atoms with Crippen LogP contribution in [0, 0.1) is 5.92 Å². The molecule has 1 heterocycles. The summed E-state index contributed by atoms with van der Waals surface area (Å²) in [4.78, 5) is 1.42. The van der Waals surface area contributed by atoms with Crippen LogP contribution in [0.3, 0.4) is 0 Å². The fourth-order valence-electron chi connectivity index (χ4n) is 2.46. The Hall–Kier alpha value is -0.900. The second kappa shape index (κ2) is 8.52. The van der Waals surface area contributed by atoms with E-state index in [0.717, 1.165) is 38.6 Å². The van der Waals surface area contributed by atoms with Gasteiger partial charge in [-0.15, -0.1) is 11.3 Å². The molecule has 0 aliphatic rings. The summed E-state index contributed by atoms with van der Waals surface area (Å²) < 4.78 is 7.30. The molecule has 3 heteroatoms. The van der Waals surface area contributed by atoms with Crippen LogP contribution >= 0.6 is 11.3 Å². The van der Waals surface area contributed by atoms with Crippen LogP contribution < -0.4 is 5.32 Å². The first kappa shape index (κ1) is 16.5. The predicted octanol–water partition coefficient (Wildman–Crippen LogP) is 4.96. The molecule has 0 unspecified atom stereocenters. The number of thiophene rings is 1. The van der Waals surface area contributed by atoms with Crippen molar-refractivity contribution in [2.45, 2.75) is 46.8 Å². The molecule has 0 atom stereocenters. The average molecular weight is 305 g/mol. The Labute approximate surface area is 132 Å². The van der Waals surface area contributed by atoms with Gasteiger partial charge < -0.3 is 10.1 Å².